The van der Waals surface area contributed by atoms with Crippen molar-refractivity contribution in [3.05, 3.63) is 120 Å². The number of rotatable bonds is 2. The Bertz CT molecular complexity index is 1520. The van der Waals surface area contributed by atoms with Crippen LogP contribution in [0, 0.1) is 0 Å². The van der Waals surface area contributed by atoms with Gasteiger partial charge in [-0.25, -0.2) is 0 Å². The highest BCUT2D eigenvalue weighted by Crippen LogP contribution is 2.40. The van der Waals surface area contributed by atoms with Crippen LogP contribution < -0.4 is 0 Å². The molecule has 0 saturated carbocycles. The average Bonchev–Trinajstić information content (AvgIpc) is 3.00. The van der Waals surface area contributed by atoms with Gasteiger partial charge >= 0.3 is 0 Å². The lowest BCUT2D eigenvalue weighted by Gasteiger charge is -2.19. The third kappa shape index (κ3) is 3.17. The maximum Gasteiger partial charge on any atom is 0.0794 e. The van der Waals surface area contributed by atoms with E-state index in [1.165, 1.54) is 16.2 Å². The lowest BCUT2D eigenvalue weighted by atomic mass is 9.94. The van der Waals surface area contributed by atoms with Gasteiger partial charge in [0.2, 0.25) is 0 Å². The van der Waals surface area contributed by atoms with Gasteiger partial charge in [-0.3, -0.25) is 9.20 Å². The number of aliphatic imine (C=N–C) groups is 1. The summed E-state index contributed by atoms with van der Waals surface area (Å²) in [6, 6.07) is 37.3. The van der Waals surface area contributed by atoms with E-state index >= 15 is 0 Å². The Morgan fingerprint density at radius 2 is 1.28 bits per heavy atom. The van der Waals surface area contributed by atoms with Crippen molar-refractivity contribution >= 4 is 43.7 Å². The molecule has 1 aliphatic heterocycles. The van der Waals surface area contributed by atoms with E-state index in [9.17, 15) is 4.21 Å². The van der Waals surface area contributed by atoms with Gasteiger partial charge in [0.1, 0.15) is 0 Å². The first kappa shape index (κ1) is 19.1. The van der Waals surface area contributed by atoms with Gasteiger partial charge in [0, 0.05) is 12.0 Å². The van der Waals surface area contributed by atoms with Crippen molar-refractivity contribution in [2.75, 3.05) is 0 Å². The Balaban J connectivity index is 1.60. The minimum atomic E-state index is -1.22. The Hall–Kier alpha value is -3.56. The third-order valence-corrected chi connectivity index (χ3v) is 7.96. The summed E-state index contributed by atoms with van der Waals surface area (Å²) < 4.78 is 14.0. The van der Waals surface area contributed by atoms with E-state index in [0.29, 0.717) is 6.42 Å². The molecule has 2 nitrogen and oxygen atoms in total. The van der Waals surface area contributed by atoms with Crippen molar-refractivity contribution in [1.29, 1.82) is 0 Å². The molecule has 0 bridgehead atoms. The Morgan fingerprint density at radius 3 is 2.12 bits per heavy atom. The summed E-state index contributed by atoms with van der Waals surface area (Å²) >= 11 is 0. The summed E-state index contributed by atoms with van der Waals surface area (Å²) in [5.74, 6) is 0. The van der Waals surface area contributed by atoms with Gasteiger partial charge in [0.15, 0.2) is 0 Å². The molecule has 0 radical (unpaired) electrons. The highest BCUT2D eigenvalue weighted by Gasteiger charge is 2.29. The van der Waals surface area contributed by atoms with Crippen LogP contribution in [0.5, 0.6) is 0 Å². The first-order valence-electron chi connectivity index (χ1n) is 10.8. The monoisotopic (exact) mass is 431 g/mol. The van der Waals surface area contributed by atoms with Gasteiger partial charge in [0.05, 0.1) is 32.3 Å². The number of nitrogens with zero attached hydrogens (tertiary/aromatic N) is 1. The molecule has 6 rings (SSSR count). The van der Waals surface area contributed by atoms with Crippen LogP contribution in [0.15, 0.2) is 119 Å². The zero-order chi connectivity index (χ0) is 21.5. The summed E-state index contributed by atoms with van der Waals surface area (Å²) in [5, 5.41) is 4.51. The van der Waals surface area contributed by atoms with Crippen molar-refractivity contribution in [3.8, 4) is 0 Å². The molecule has 0 unspecified atom stereocenters. The van der Waals surface area contributed by atoms with Crippen LogP contribution in [0.1, 0.15) is 22.8 Å². The van der Waals surface area contributed by atoms with Crippen LogP contribution in [0.25, 0.3) is 21.5 Å². The first-order valence-corrected chi connectivity index (χ1v) is 12.0. The number of para-hydroxylation sites is 1. The fourth-order valence-electron chi connectivity index (χ4n) is 4.72. The smallest absolute Gasteiger partial charge is 0.0794 e. The predicted molar refractivity (Wildman–Crippen MR) is 134 cm³/mol. The molecule has 0 aliphatic carbocycles. The molecule has 0 saturated heterocycles. The van der Waals surface area contributed by atoms with Crippen molar-refractivity contribution < 1.29 is 4.21 Å². The summed E-state index contributed by atoms with van der Waals surface area (Å²) in [6.07, 6.45) is 0.614. The van der Waals surface area contributed by atoms with E-state index in [1.807, 2.05) is 24.3 Å². The van der Waals surface area contributed by atoms with Crippen LogP contribution in [0.3, 0.4) is 0 Å². The molecule has 154 valence electrons. The van der Waals surface area contributed by atoms with Crippen LogP contribution >= 0.6 is 0 Å². The van der Waals surface area contributed by atoms with Crippen LogP contribution in [-0.2, 0) is 10.8 Å². The van der Waals surface area contributed by atoms with Gasteiger partial charge in [-0.1, -0.05) is 97.1 Å². The maximum atomic E-state index is 14.0. The number of hydrogen-bond acceptors (Lipinski definition) is 2. The van der Waals surface area contributed by atoms with Crippen LogP contribution in [0.4, 0.5) is 5.69 Å². The van der Waals surface area contributed by atoms with Gasteiger partial charge in [-0.15, -0.1) is 0 Å². The second-order valence-electron chi connectivity index (χ2n) is 8.11. The second-order valence-corrected chi connectivity index (χ2v) is 9.72. The van der Waals surface area contributed by atoms with E-state index in [0.717, 1.165) is 32.8 Å². The van der Waals surface area contributed by atoms with E-state index in [1.54, 1.807) is 0 Å². The van der Waals surface area contributed by atoms with E-state index < -0.39 is 10.8 Å². The molecule has 1 heterocycles. The molecule has 2 atom stereocenters. The largest absolute Gasteiger partial charge is 0.254 e. The first-order chi connectivity index (χ1) is 15.8. The highest BCUT2D eigenvalue weighted by atomic mass is 32.2. The molecule has 0 fully saturated rings. The van der Waals surface area contributed by atoms with E-state index in [4.69, 9.17) is 4.99 Å². The van der Waals surface area contributed by atoms with Crippen molar-refractivity contribution in [2.45, 2.75) is 16.6 Å². The summed E-state index contributed by atoms with van der Waals surface area (Å²) in [4.78, 5) is 5.90. The molecule has 5 aromatic carbocycles. The quantitative estimate of drug-likeness (QED) is 0.287. The summed E-state index contributed by atoms with van der Waals surface area (Å²) in [5.41, 5.74) is 4.02. The Morgan fingerprint density at radius 1 is 0.656 bits per heavy atom. The fourth-order valence-corrected chi connectivity index (χ4v) is 6.30. The van der Waals surface area contributed by atoms with Gasteiger partial charge < -0.3 is 0 Å². The minimum absolute atomic E-state index is 0.178. The highest BCUT2D eigenvalue weighted by molar-refractivity contribution is 7.85. The number of benzene rings is 5. The number of hydrogen-bond donors (Lipinski definition) is 0. The summed E-state index contributed by atoms with van der Waals surface area (Å²) in [6.45, 7) is 0. The summed E-state index contributed by atoms with van der Waals surface area (Å²) in [7, 11) is -1.22. The van der Waals surface area contributed by atoms with Crippen molar-refractivity contribution in [1.82, 2.24) is 0 Å². The van der Waals surface area contributed by atoms with E-state index in [-0.39, 0.29) is 5.25 Å². The topological polar surface area (TPSA) is 29.4 Å². The molecule has 32 heavy (non-hydrogen) atoms. The Labute approximate surface area is 189 Å². The third-order valence-electron chi connectivity index (χ3n) is 6.25. The van der Waals surface area contributed by atoms with Gasteiger partial charge in [-0.2, -0.15) is 0 Å². The van der Waals surface area contributed by atoms with E-state index in [2.05, 4.69) is 84.9 Å². The molecule has 0 aromatic heterocycles. The predicted octanol–water partition coefficient (Wildman–Crippen LogP) is 7.37. The Kier molecular flexibility index (Phi) is 4.70. The fraction of sp³-hybridized carbons (Fsp3) is 0.0690. The van der Waals surface area contributed by atoms with Crippen LogP contribution in [0.2, 0.25) is 0 Å². The average molecular weight is 432 g/mol. The SMILES string of the molecule is O=[S@]1c2ccccc2N=C(c2cccc3ccccc23)C[C@H]1c1cccc2ccccc12. The standard InChI is InChI=1S/C29H21NOS/c31-32-28-18-6-5-17-26(28)30-27(24-15-7-11-20-9-1-3-13-22(20)24)19-29(32)25-16-8-12-21-10-2-4-14-23(21)25/h1-18,29H,19H2/t29-,32-/m0/s1. The van der Waals surface area contributed by atoms with Gasteiger partial charge in [0.25, 0.3) is 0 Å². The zero-order valence-electron chi connectivity index (χ0n) is 17.4. The second kappa shape index (κ2) is 7.85. The molecule has 0 amide bonds. The molecule has 0 N–H and O–H groups in total. The molecule has 5 aromatic rings. The molecular weight excluding hydrogens is 410 g/mol. The van der Waals surface area contributed by atoms with Crippen molar-refractivity contribution in [2.24, 2.45) is 4.99 Å². The molecule has 0 spiro atoms. The van der Waals surface area contributed by atoms with Gasteiger partial charge in [-0.05, 0) is 39.2 Å². The maximum absolute atomic E-state index is 14.0. The minimum Gasteiger partial charge on any atom is -0.254 e. The molecule has 3 heteroatoms. The molecule has 1 aliphatic rings. The van der Waals surface area contributed by atoms with Crippen LogP contribution in [-0.4, -0.2) is 9.92 Å². The molecular formula is C29H21NOS. The normalized spacial score (nSPS) is 18.2. The number of fused-ring (bicyclic) bond motifs is 3. The zero-order valence-corrected chi connectivity index (χ0v) is 18.3. The lowest BCUT2D eigenvalue weighted by molar-refractivity contribution is 0.674. The lowest BCUT2D eigenvalue weighted by Crippen LogP contribution is -2.12. The van der Waals surface area contributed by atoms with Crippen molar-refractivity contribution in [3.63, 3.8) is 0 Å².